The van der Waals surface area contributed by atoms with E-state index in [1.165, 1.54) is 0 Å². The van der Waals surface area contributed by atoms with Crippen LogP contribution in [0.25, 0.3) is 0 Å². The average molecular weight is 326 g/mol. The molecule has 1 N–H and O–H groups in total. The minimum absolute atomic E-state index is 0.0479. The first kappa shape index (κ1) is 15.9. The molecule has 0 spiro atoms. The molecule has 1 aromatic carbocycles. The molecule has 0 unspecified atom stereocenters. The van der Waals surface area contributed by atoms with Crippen LogP contribution in [0.3, 0.4) is 0 Å². The lowest BCUT2D eigenvalue weighted by Crippen LogP contribution is -2.25. The summed E-state index contributed by atoms with van der Waals surface area (Å²) in [5.74, 6) is 0.0479. The number of halogens is 2. The van der Waals surface area contributed by atoms with Gasteiger partial charge in [-0.2, -0.15) is 0 Å². The Morgan fingerprint density at radius 2 is 2.14 bits per heavy atom. The second-order valence-corrected chi connectivity index (χ2v) is 5.57. The maximum absolute atomic E-state index is 11.7. The van der Waals surface area contributed by atoms with Crippen LogP contribution in [0.2, 0.25) is 10.0 Å². The fourth-order valence-electron chi connectivity index (χ4n) is 1.95. The molecule has 1 amide bonds. The van der Waals surface area contributed by atoms with E-state index in [-0.39, 0.29) is 5.91 Å². The highest BCUT2D eigenvalue weighted by Gasteiger charge is 2.04. The number of carbonyl (C=O) groups is 1. The van der Waals surface area contributed by atoms with Crippen molar-refractivity contribution in [3.05, 3.63) is 52.5 Å². The highest BCUT2D eigenvalue weighted by atomic mass is 35.5. The van der Waals surface area contributed by atoms with Crippen molar-refractivity contribution in [2.24, 2.45) is 0 Å². The summed E-state index contributed by atoms with van der Waals surface area (Å²) < 4.78 is 1.99. The summed E-state index contributed by atoms with van der Waals surface area (Å²) in [6.45, 7) is 1.52. The third-order valence-electron chi connectivity index (χ3n) is 3.10. The number of aromatic nitrogens is 2. The molecule has 0 saturated carbocycles. The first-order valence-electron chi connectivity index (χ1n) is 6.81. The molecule has 21 heavy (non-hydrogen) atoms. The number of nitrogens with zero attached hydrogens (tertiary/aromatic N) is 2. The fourth-order valence-corrected chi connectivity index (χ4v) is 2.27. The van der Waals surface area contributed by atoms with E-state index in [9.17, 15) is 4.79 Å². The van der Waals surface area contributed by atoms with Gasteiger partial charge in [-0.05, 0) is 30.5 Å². The first-order valence-corrected chi connectivity index (χ1v) is 7.57. The van der Waals surface area contributed by atoms with E-state index in [1.54, 1.807) is 24.7 Å². The quantitative estimate of drug-likeness (QED) is 0.794. The van der Waals surface area contributed by atoms with Gasteiger partial charge in [-0.25, -0.2) is 4.98 Å². The van der Waals surface area contributed by atoms with E-state index in [2.05, 4.69) is 10.3 Å². The Kier molecular flexibility index (Phi) is 6.08. The molecule has 0 radical (unpaired) electrons. The highest BCUT2D eigenvalue weighted by molar-refractivity contribution is 6.42. The predicted octanol–water partition coefficient (Wildman–Crippen LogP) is 3.33. The SMILES string of the molecule is O=C(CCc1ccc(Cl)c(Cl)c1)NCCCn1ccnc1. The number of carbonyl (C=O) groups excluding carboxylic acids is 1. The Morgan fingerprint density at radius 1 is 1.29 bits per heavy atom. The van der Waals surface area contributed by atoms with Crippen LogP contribution in [0.15, 0.2) is 36.9 Å². The largest absolute Gasteiger partial charge is 0.356 e. The summed E-state index contributed by atoms with van der Waals surface area (Å²) in [5.41, 5.74) is 1.01. The molecule has 0 saturated heterocycles. The summed E-state index contributed by atoms with van der Waals surface area (Å²) in [5, 5.41) is 3.96. The molecule has 0 aliphatic carbocycles. The Hall–Kier alpha value is -1.52. The van der Waals surface area contributed by atoms with Crippen LogP contribution in [0.4, 0.5) is 0 Å². The second-order valence-electron chi connectivity index (χ2n) is 4.75. The van der Waals surface area contributed by atoms with Crippen LogP contribution in [0, 0.1) is 0 Å². The standard InChI is InChI=1S/C15H17Cl2N3O/c16-13-4-2-12(10-14(13)17)3-5-15(21)19-6-1-8-20-9-7-18-11-20/h2,4,7,9-11H,1,3,5-6,8H2,(H,19,21). The maximum Gasteiger partial charge on any atom is 0.220 e. The molecule has 1 heterocycles. The molecule has 0 aliphatic heterocycles. The van der Waals surface area contributed by atoms with Gasteiger partial charge in [-0.15, -0.1) is 0 Å². The summed E-state index contributed by atoms with van der Waals surface area (Å²) in [6.07, 6.45) is 7.41. The molecule has 0 bridgehead atoms. The summed E-state index contributed by atoms with van der Waals surface area (Å²) in [7, 11) is 0. The maximum atomic E-state index is 11.7. The average Bonchev–Trinajstić information content (AvgIpc) is 2.98. The lowest BCUT2D eigenvalue weighted by molar-refractivity contribution is -0.121. The van der Waals surface area contributed by atoms with Gasteiger partial charge in [0.2, 0.25) is 5.91 Å². The molecule has 6 heteroatoms. The van der Waals surface area contributed by atoms with E-state index in [0.717, 1.165) is 18.5 Å². The molecule has 0 aliphatic rings. The van der Waals surface area contributed by atoms with Crippen molar-refractivity contribution in [2.45, 2.75) is 25.8 Å². The second kappa shape index (κ2) is 8.05. The minimum atomic E-state index is 0.0479. The van der Waals surface area contributed by atoms with Crippen molar-refractivity contribution in [1.82, 2.24) is 14.9 Å². The topological polar surface area (TPSA) is 46.9 Å². The molecule has 2 aromatic rings. The Labute approximate surface area is 134 Å². The third-order valence-corrected chi connectivity index (χ3v) is 3.84. The third kappa shape index (κ3) is 5.40. The van der Waals surface area contributed by atoms with E-state index < -0.39 is 0 Å². The highest BCUT2D eigenvalue weighted by Crippen LogP contribution is 2.23. The predicted molar refractivity (Wildman–Crippen MR) is 84.6 cm³/mol. The molecule has 1 aromatic heterocycles. The zero-order chi connectivity index (χ0) is 15.1. The van der Waals surface area contributed by atoms with Crippen molar-refractivity contribution in [3.63, 3.8) is 0 Å². The zero-order valence-corrected chi connectivity index (χ0v) is 13.1. The van der Waals surface area contributed by atoms with Gasteiger partial charge in [0.1, 0.15) is 0 Å². The van der Waals surface area contributed by atoms with Crippen LogP contribution in [0.5, 0.6) is 0 Å². The van der Waals surface area contributed by atoms with Crippen LogP contribution in [0.1, 0.15) is 18.4 Å². The van der Waals surface area contributed by atoms with Crippen molar-refractivity contribution >= 4 is 29.1 Å². The van der Waals surface area contributed by atoms with Gasteiger partial charge in [0.15, 0.2) is 0 Å². The molecule has 112 valence electrons. The van der Waals surface area contributed by atoms with Crippen LogP contribution in [-0.2, 0) is 17.8 Å². The molecule has 0 atom stereocenters. The zero-order valence-electron chi connectivity index (χ0n) is 11.6. The summed E-state index contributed by atoms with van der Waals surface area (Å²) >= 11 is 11.8. The first-order chi connectivity index (χ1) is 10.1. The van der Waals surface area contributed by atoms with Gasteiger partial charge in [0.25, 0.3) is 0 Å². The number of hydrogen-bond acceptors (Lipinski definition) is 2. The molecule has 4 nitrogen and oxygen atoms in total. The van der Waals surface area contributed by atoms with E-state index >= 15 is 0 Å². The van der Waals surface area contributed by atoms with E-state index in [1.807, 2.05) is 16.8 Å². The minimum Gasteiger partial charge on any atom is -0.356 e. The number of rotatable bonds is 7. The van der Waals surface area contributed by atoms with Crippen molar-refractivity contribution in [2.75, 3.05) is 6.54 Å². The fraction of sp³-hybridized carbons (Fsp3) is 0.333. The lowest BCUT2D eigenvalue weighted by atomic mass is 10.1. The Bertz CT molecular complexity index is 585. The lowest BCUT2D eigenvalue weighted by Gasteiger charge is -2.06. The van der Waals surface area contributed by atoms with Crippen LogP contribution in [-0.4, -0.2) is 22.0 Å². The molecular formula is C15H17Cl2N3O. The Morgan fingerprint density at radius 3 is 2.86 bits per heavy atom. The Balaban J connectivity index is 1.64. The molecular weight excluding hydrogens is 309 g/mol. The van der Waals surface area contributed by atoms with Crippen molar-refractivity contribution < 1.29 is 4.79 Å². The van der Waals surface area contributed by atoms with Gasteiger partial charge in [-0.1, -0.05) is 29.3 Å². The number of amides is 1. The number of aryl methyl sites for hydroxylation is 2. The normalized spacial score (nSPS) is 10.6. The number of hydrogen-bond donors (Lipinski definition) is 1. The van der Waals surface area contributed by atoms with Gasteiger partial charge >= 0.3 is 0 Å². The monoisotopic (exact) mass is 325 g/mol. The number of imidazole rings is 1. The van der Waals surface area contributed by atoms with Crippen molar-refractivity contribution in [1.29, 1.82) is 0 Å². The van der Waals surface area contributed by atoms with Gasteiger partial charge in [0, 0.05) is 31.9 Å². The van der Waals surface area contributed by atoms with Crippen LogP contribution < -0.4 is 5.32 Å². The number of benzene rings is 1. The molecule has 0 fully saturated rings. The summed E-state index contributed by atoms with van der Waals surface area (Å²) in [6, 6.07) is 5.44. The van der Waals surface area contributed by atoms with Gasteiger partial charge in [-0.3, -0.25) is 4.79 Å². The smallest absolute Gasteiger partial charge is 0.220 e. The van der Waals surface area contributed by atoms with E-state index in [0.29, 0.717) is 29.4 Å². The number of nitrogens with one attached hydrogen (secondary N) is 1. The van der Waals surface area contributed by atoms with E-state index in [4.69, 9.17) is 23.2 Å². The summed E-state index contributed by atoms with van der Waals surface area (Å²) in [4.78, 5) is 15.7. The molecule has 2 rings (SSSR count). The van der Waals surface area contributed by atoms with Crippen molar-refractivity contribution in [3.8, 4) is 0 Å². The van der Waals surface area contributed by atoms with Gasteiger partial charge in [0.05, 0.1) is 16.4 Å². The van der Waals surface area contributed by atoms with Gasteiger partial charge < -0.3 is 9.88 Å². The van der Waals surface area contributed by atoms with Crippen LogP contribution >= 0.6 is 23.2 Å².